The predicted molar refractivity (Wildman–Crippen MR) is 65.8 cm³/mol. The van der Waals surface area contributed by atoms with Gasteiger partial charge in [-0.15, -0.1) is 0 Å². The number of nitrogens with zero attached hydrogens (tertiary/aromatic N) is 1. The third-order valence-electron chi connectivity index (χ3n) is 2.01. The van der Waals surface area contributed by atoms with E-state index in [1.165, 1.54) is 6.92 Å². The molecule has 1 aromatic rings. The fourth-order valence-corrected chi connectivity index (χ4v) is 3.37. The number of halogens is 1. The molecule has 0 spiro atoms. The van der Waals surface area contributed by atoms with Crippen LogP contribution in [0, 0.1) is 6.92 Å². The smallest absolute Gasteiger partial charge is 0.158 e. The minimum atomic E-state index is -3.30. The molecule has 1 heterocycles. The molecule has 6 heteroatoms. The molecule has 0 amide bonds. The number of sulfone groups is 1. The van der Waals surface area contributed by atoms with Crippen LogP contribution in [0.15, 0.2) is 16.7 Å². The fourth-order valence-electron chi connectivity index (χ4n) is 1.35. The SMILES string of the molecule is Cc1cc(Br)cnc1CS(=O)(=O)C[C@@H](C)O. The number of aromatic nitrogens is 1. The molecule has 0 unspecified atom stereocenters. The summed E-state index contributed by atoms with van der Waals surface area (Å²) in [4.78, 5) is 4.06. The average Bonchev–Trinajstić information content (AvgIpc) is 2.07. The van der Waals surface area contributed by atoms with Crippen molar-refractivity contribution in [1.82, 2.24) is 4.98 Å². The highest BCUT2D eigenvalue weighted by atomic mass is 79.9. The summed E-state index contributed by atoms with van der Waals surface area (Å²) in [5, 5.41) is 9.07. The van der Waals surface area contributed by atoms with E-state index in [4.69, 9.17) is 5.11 Å². The summed E-state index contributed by atoms with van der Waals surface area (Å²) in [6.07, 6.45) is 0.723. The Labute approximate surface area is 104 Å². The Balaban J connectivity index is 2.88. The van der Waals surface area contributed by atoms with Crippen molar-refractivity contribution in [2.24, 2.45) is 0 Å². The van der Waals surface area contributed by atoms with Gasteiger partial charge < -0.3 is 5.11 Å². The van der Waals surface area contributed by atoms with Gasteiger partial charge in [-0.1, -0.05) is 0 Å². The third kappa shape index (κ3) is 4.19. The summed E-state index contributed by atoms with van der Waals surface area (Å²) in [5.74, 6) is -0.360. The Kier molecular flexibility index (Phi) is 4.46. The van der Waals surface area contributed by atoms with Gasteiger partial charge in [-0.25, -0.2) is 8.42 Å². The summed E-state index contributed by atoms with van der Waals surface area (Å²) in [6, 6.07) is 1.82. The van der Waals surface area contributed by atoms with Crippen LogP contribution < -0.4 is 0 Å². The molecular formula is C10H14BrNO3S. The molecule has 0 aliphatic heterocycles. The zero-order valence-corrected chi connectivity index (χ0v) is 11.5. The lowest BCUT2D eigenvalue weighted by Crippen LogP contribution is -2.20. The Bertz CT molecular complexity index is 471. The lowest BCUT2D eigenvalue weighted by atomic mass is 10.2. The quantitative estimate of drug-likeness (QED) is 0.914. The van der Waals surface area contributed by atoms with E-state index in [-0.39, 0.29) is 11.5 Å². The van der Waals surface area contributed by atoms with E-state index in [1.54, 1.807) is 6.20 Å². The van der Waals surface area contributed by atoms with Crippen LogP contribution in [-0.4, -0.2) is 30.4 Å². The summed E-state index contributed by atoms with van der Waals surface area (Å²) < 4.78 is 24.1. The van der Waals surface area contributed by atoms with Crippen molar-refractivity contribution < 1.29 is 13.5 Å². The molecule has 0 aromatic carbocycles. The van der Waals surface area contributed by atoms with Crippen molar-refractivity contribution >= 4 is 25.8 Å². The summed E-state index contributed by atoms with van der Waals surface area (Å²) >= 11 is 3.26. The largest absolute Gasteiger partial charge is 0.392 e. The summed E-state index contributed by atoms with van der Waals surface area (Å²) in [5.41, 5.74) is 1.35. The highest BCUT2D eigenvalue weighted by Crippen LogP contribution is 2.15. The van der Waals surface area contributed by atoms with Crippen LogP contribution in [0.5, 0.6) is 0 Å². The molecule has 0 saturated heterocycles. The van der Waals surface area contributed by atoms with E-state index in [0.717, 1.165) is 10.0 Å². The van der Waals surface area contributed by atoms with E-state index in [9.17, 15) is 8.42 Å². The molecule has 1 rings (SSSR count). The molecule has 90 valence electrons. The Morgan fingerprint density at radius 2 is 2.19 bits per heavy atom. The number of rotatable bonds is 4. The minimum Gasteiger partial charge on any atom is -0.392 e. The highest BCUT2D eigenvalue weighted by Gasteiger charge is 2.17. The van der Waals surface area contributed by atoms with Crippen molar-refractivity contribution in [2.75, 3.05) is 5.75 Å². The molecule has 0 aliphatic carbocycles. The average molecular weight is 308 g/mol. The van der Waals surface area contributed by atoms with Gasteiger partial charge in [-0.2, -0.15) is 0 Å². The van der Waals surface area contributed by atoms with Crippen LogP contribution in [0.3, 0.4) is 0 Å². The van der Waals surface area contributed by atoms with E-state index in [2.05, 4.69) is 20.9 Å². The topological polar surface area (TPSA) is 67.3 Å². The maximum atomic E-state index is 11.6. The van der Waals surface area contributed by atoms with E-state index < -0.39 is 15.9 Å². The van der Waals surface area contributed by atoms with Crippen molar-refractivity contribution in [3.8, 4) is 0 Å². The number of aliphatic hydroxyl groups is 1. The van der Waals surface area contributed by atoms with E-state index in [1.807, 2.05) is 13.0 Å². The second-order valence-electron chi connectivity index (χ2n) is 3.82. The minimum absolute atomic E-state index is 0.128. The van der Waals surface area contributed by atoms with Gasteiger partial charge >= 0.3 is 0 Å². The van der Waals surface area contributed by atoms with Crippen molar-refractivity contribution in [3.05, 3.63) is 28.0 Å². The zero-order chi connectivity index (χ0) is 12.3. The molecule has 1 aromatic heterocycles. The van der Waals surface area contributed by atoms with E-state index >= 15 is 0 Å². The van der Waals surface area contributed by atoms with Crippen LogP contribution in [0.2, 0.25) is 0 Å². The molecule has 1 atom stereocenters. The molecule has 0 radical (unpaired) electrons. The van der Waals surface area contributed by atoms with Gasteiger partial charge in [-0.05, 0) is 41.4 Å². The predicted octanol–water partition coefficient (Wildman–Crippen LogP) is 1.45. The first kappa shape index (κ1) is 13.6. The number of hydrogen-bond donors (Lipinski definition) is 1. The molecule has 0 bridgehead atoms. The first-order chi connectivity index (χ1) is 7.30. The second-order valence-corrected chi connectivity index (χ2v) is 6.85. The third-order valence-corrected chi connectivity index (χ3v) is 4.14. The Morgan fingerprint density at radius 1 is 1.56 bits per heavy atom. The number of pyridine rings is 1. The standard InChI is InChI=1S/C10H14BrNO3S/c1-7-3-9(11)4-12-10(7)6-16(14,15)5-8(2)13/h3-4,8,13H,5-6H2,1-2H3/t8-/m1/s1. The molecular weight excluding hydrogens is 294 g/mol. The number of aryl methyl sites for hydroxylation is 1. The Hall–Kier alpha value is -0.460. The van der Waals surface area contributed by atoms with Crippen LogP contribution in [-0.2, 0) is 15.6 Å². The summed E-state index contributed by atoms with van der Waals surface area (Å²) in [7, 11) is -3.30. The maximum absolute atomic E-state index is 11.6. The first-order valence-electron chi connectivity index (χ1n) is 4.79. The zero-order valence-electron chi connectivity index (χ0n) is 9.14. The number of aliphatic hydroxyl groups excluding tert-OH is 1. The lowest BCUT2D eigenvalue weighted by Gasteiger charge is -2.08. The molecule has 0 fully saturated rings. The van der Waals surface area contributed by atoms with E-state index in [0.29, 0.717) is 5.69 Å². The van der Waals surface area contributed by atoms with Gasteiger partial charge in [0, 0.05) is 10.7 Å². The second kappa shape index (κ2) is 5.25. The van der Waals surface area contributed by atoms with Crippen molar-refractivity contribution in [3.63, 3.8) is 0 Å². The normalized spacial score (nSPS) is 13.8. The lowest BCUT2D eigenvalue weighted by molar-refractivity contribution is 0.218. The molecule has 0 saturated carbocycles. The maximum Gasteiger partial charge on any atom is 0.158 e. The fraction of sp³-hybridized carbons (Fsp3) is 0.500. The van der Waals surface area contributed by atoms with Gasteiger partial charge in [0.1, 0.15) is 0 Å². The van der Waals surface area contributed by atoms with Crippen LogP contribution in [0.4, 0.5) is 0 Å². The molecule has 16 heavy (non-hydrogen) atoms. The van der Waals surface area contributed by atoms with Gasteiger partial charge in [0.15, 0.2) is 9.84 Å². The van der Waals surface area contributed by atoms with Crippen LogP contribution in [0.1, 0.15) is 18.2 Å². The Morgan fingerprint density at radius 3 is 2.69 bits per heavy atom. The van der Waals surface area contributed by atoms with Gasteiger partial charge in [-0.3, -0.25) is 4.98 Å². The van der Waals surface area contributed by atoms with Gasteiger partial charge in [0.25, 0.3) is 0 Å². The van der Waals surface area contributed by atoms with Crippen LogP contribution in [0.25, 0.3) is 0 Å². The van der Waals surface area contributed by atoms with Crippen molar-refractivity contribution in [1.29, 1.82) is 0 Å². The summed E-state index contributed by atoms with van der Waals surface area (Å²) in [6.45, 7) is 3.27. The number of hydrogen-bond acceptors (Lipinski definition) is 4. The molecule has 1 N–H and O–H groups in total. The van der Waals surface area contributed by atoms with Gasteiger partial charge in [0.05, 0.1) is 23.3 Å². The van der Waals surface area contributed by atoms with Crippen molar-refractivity contribution in [2.45, 2.75) is 25.7 Å². The molecule has 4 nitrogen and oxygen atoms in total. The van der Waals surface area contributed by atoms with Crippen LogP contribution >= 0.6 is 15.9 Å². The molecule has 0 aliphatic rings. The highest BCUT2D eigenvalue weighted by molar-refractivity contribution is 9.10. The monoisotopic (exact) mass is 307 g/mol. The first-order valence-corrected chi connectivity index (χ1v) is 7.41. The van der Waals surface area contributed by atoms with Gasteiger partial charge in [0.2, 0.25) is 0 Å².